The molecule has 2 N–H and O–H groups in total. The number of aryl methyl sites for hydroxylation is 1. The molecule has 4 rings (SSSR count). The van der Waals surface area contributed by atoms with Crippen LogP contribution in [0.2, 0.25) is 0 Å². The summed E-state index contributed by atoms with van der Waals surface area (Å²) in [5.74, 6) is 0.0186. The van der Waals surface area contributed by atoms with Crippen LogP contribution in [-0.2, 0) is 6.54 Å². The number of nitrogens with zero attached hydrogens (tertiary/aromatic N) is 3. The molecule has 2 aromatic heterocycles. The van der Waals surface area contributed by atoms with Crippen molar-refractivity contribution in [3.05, 3.63) is 41.3 Å². The number of piperidine rings is 1. The smallest absolute Gasteiger partial charge is 0.256 e. The van der Waals surface area contributed by atoms with Crippen molar-refractivity contribution in [2.24, 2.45) is 0 Å². The van der Waals surface area contributed by atoms with Crippen molar-refractivity contribution in [3.8, 4) is 0 Å². The Balaban J connectivity index is 1.30. The number of carbonyl (C=O) groups excluding carboxylic acids is 1. The summed E-state index contributed by atoms with van der Waals surface area (Å²) in [6.07, 6.45) is 8.07. The monoisotopic (exact) mass is 371 g/mol. The van der Waals surface area contributed by atoms with Gasteiger partial charge in [0.2, 0.25) is 0 Å². The Morgan fingerprint density at radius 1 is 1.27 bits per heavy atom. The quantitative estimate of drug-likeness (QED) is 0.817. The normalized spacial score (nSPS) is 18.7. The molecule has 7 heteroatoms. The van der Waals surface area contributed by atoms with Crippen LogP contribution < -0.4 is 10.6 Å². The van der Waals surface area contributed by atoms with Gasteiger partial charge in [-0.1, -0.05) is 6.07 Å². The number of rotatable bonds is 6. The van der Waals surface area contributed by atoms with Gasteiger partial charge in [0.05, 0.1) is 11.3 Å². The van der Waals surface area contributed by atoms with E-state index in [1.165, 1.54) is 29.9 Å². The highest BCUT2D eigenvalue weighted by molar-refractivity contribution is 7.10. The first-order valence-electron chi connectivity index (χ1n) is 9.34. The third-order valence-corrected chi connectivity index (χ3v) is 5.92. The number of nitrogens with one attached hydrogen (secondary N) is 2. The average Bonchev–Trinajstić information content (AvgIpc) is 3.39. The van der Waals surface area contributed by atoms with E-state index in [9.17, 15) is 4.79 Å². The molecule has 2 aromatic rings. The number of aromatic nitrogens is 2. The van der Waals surface area contributed by atoms with Crippen molar-refractivity contribution in [3.63, 3.8) is 0 Å². The molecular formula is C19H25N5OS. The largest absolute Gasteiger partial charge is 0.372 e. The van der Waals surface area contributed by atoms with Crippen LogP contribution in [0.15, 0.2) is 24.5 Å². The molecule has 1 saturated heterocycles. The molecule has 0 unspecified atom stereocenters. The second-order valence-corrected chi connectivity index (χ2v) is 8.05. The minimum absolute atomic E-state index is 0.0186. The van der Waals surface area contributed by atoms with Gasteiger partial charge in [-0.2, -0.15) is 4.37 Å². The van der Waals surface area contributed by atoms with Crippen molar-refractivity contribution in [1.29, 1.82) is 0 Å². The Bertz CT molecular complexity index is 751. The molecule has 0 bridgehead atoms. The molecule has 26 heavy (non-hydrogen) atoms. The van der Waals surface area contributed by atoms with E-state index in [4.69, 9.17) is 0 Å². The van der Waals surface area contributed by atoms with Crippen LogP contribution in [0, 0.1) is 6.92 Å². The zero-order chi connectivity index (χ0) is 17.9. The zero-order valence-electron chi connectivity index (χ0n) is 15.1. The van der Waals surface area contributed by atoms with Crippen LogP contribution in [0.3, 0.4) is 0 Å². The summed E-state index contributed by atoms with van der Waals surface area (Å²) >= 11 is 1.40. The van der Waals surface area contributed by atoms with Gasteiger partial charge in [-0.3, -0.25) is 14.7 Å². The topological polar surface area (TPSA) is 70.2 Å². The Morgan fingerprint density at radius 2 is 2.08 bits per heavy atom. The maximum Gasteiger partial charge on any atom is 0.256 e. The number of pyridine rings is 1. The van der Waals surface area contributed by atoms with Gasteiger partial charge in [-0.15, -0.1) is 0 Å². The Kier molecular flexibility index (Phi) is 5.17. The van der Waals surface area contributed by atoms with Crippen LogP contribution in [0.25, 0.3) is 0 Å². The van der Waals surface area contributed by atoms with Gasteiger partial charge in [0, 0.05) is 44.1 Å². The van der Waals surface area contributed by atoms with Crippen LogP contribution in [-0.4, -0.2) is 45.3 Å². The first-order chi connectivity index (χ1) is 12.7. The predicted molar refractivity (Wildman–Crippen MR) is 103 cm³/mol. The zero-order valence-corrected chi connectivity index (χ0v) is 15.9. The van der Waals surface area contributed by atoms with Gasteiger partial charge in [0.1, 0.15) is 5.00 Å². The average molecular weight is 372 g/mol. The van der Waals surface area contributed by atoms with E-state index in [-0.39, 0.29) is 11.9 Å². The Labute approximate surface area is 158 Å². The summed E-state index contributed by atoms with van der Waals surface area (Å²) in [7, 11) is 0. The molecule has 2 fully saturated rings. The number of amides is 1. The third kappa shape index (κ3) is 4.22. The number of likely N-dealkylation sites (tertiary alicyclic amines) is 1. The van der Waals surface area contributed by atoms with E-state index in [0.29, 0.717) is 6.04 Å². The summed E-state index contributed by atoms with van der Waals surface area (Å²) in [5.41, 5.74) is 2.80. The Morgan fingerprint density at radius 3 is 2.77 bits per heavy atom. The summed E-state index contributed by atoms with van der Waals surface area (Å²) < 4.78 is 4.37. The van der Waals surface area contributed by atoms with Gasteiger partial charge >= 0.3 is 0 Å². The predicted octanol–water partition coefficient (Wildman–Crippen LogP) is 2.82. The van der Waals surface area contributed by atoms with Crippen LogP contribution in [0.1, 0.15) is 47.3 Å². The molecular weight excluding hydrogens is 346 g/mol. The van der Waals surface area contributed by atoms with Gasteiger partial charge in [0.15, 0.2) is 0 Å². The van der Waals surface area contributed by atoms with E-state index in [0.717, 1.165) is 48.7 Å². The van der Waals surface area contributed by atoms with Gasteiger partial charge in [0.25, 0.3) is 5.91 Å². The lowest BCUT2D eigenvalue weighted by Gasteiger charge is -2.32. The first-order valence-corrected chi connectivity index (χ1v) is 10.1. The highest BCUT2D eigenvalue weighted by Gasteiger charge is 2.28. The van der Waals surface area contributed by atoms with E-state index >= 15 is 0 Å². The fourth-order valence-electron chi connectivity index (χ4n) is 3.39. The summed E-state index contributed by atoms with van der Waals surface area (Å²) in [6.45, 7) is 4.83. The van der Waals surface area contributed by atoms with Crippen molar-refractivity contribution in [2.45, 2.75) is 51.2 Å². The van der Waals surface area contributed by atoms with Crippen LogP contribution >= 0.6 is 11.5 Å². The minimum Gasteiger partial charge on any atom is -0.372 e. The van der Waals surface area contributed by atoms with Crippen molar-refractivity contribution < 1.29 is 4.79 Å². The van der Waals surface area contributed by atoms with Crippen molar-refractivity contribution in [1.82, 2.24) is 19.6 Å². The highest BCUT2D eigenvalue weighted by atomic mass is 32.1. The molecule has 0 atom stereocenters. The number of hydrogen-bond acceptors (Lipinski definition) is 6. The van der Waals surface area contributed by atoms with E-state index in [2.05, 4.69) is 31.0 Å². The van der Waals surface area contributed by atoms with Crippen molar-refractivity contribution in [2.75, 3.05) is 18.4 Å². The first kappa shape index (κ1) is 17.4. The van der Waals surface area contributed by atoms with Gasteiger partial charge in [-0.05, 0) is 55.8 Å². The molecule has 0 radical (unpaired) electrons. The lowest BCUT2D eigenvalue weighted by molar-refractivity contribution is 0.0909. The highest BCUT2D eigenvalue weighted by Crippen LogP contribution is 2.31. The number of hydrogen-bond donors (Lipinski definition) is 2. The SMILES string of the molecule is Cc1nsc(NC2CC2)c1C(=O)NC1CCN(Cc2cccnc2)CC1. The van der Waals surface area contributed by atoms with E-state index < -0.39 is 0 Å². The molecule has 0 spiro atoms. The molecule has 0 aromatic carbocycles. The second kappa shape index (κ2) is 7.72. The molecule has 138 valence electrons. The molecule has 1 saturated carbocycles. The van der Waals surface area contributed by atoms with E-state index in [1.807, 2.05) is 19.2 Å². The van der Waals surface area contributed by atoms with Crippen molar-refractivity contribution >= 4 is 22.4 Å². The van der Waals surface area contributed by atoms with Gasteiger partial charge < -0.3 is 10.6 Å². The fraction of sp³-hybridized carbons (Fsp3) is 0.526. The van der Waals surface area contributed by atoms with E-state index in [1.54, 1.807) is 6.20 Å². The Hall–Kier alpha value is -1.99. The minimum atomic E-state index is 0.0186. The molecule has 3 heterocycles. The van der Waals surface area contributed by atoms with Gasteiger partial charge in [-0.25, -0.2) is 0 Å². The molecule has 1 amide bonds. The van der Waals surface area contributed by atoms with Crippen LogP contribution in [0.5, 0.6) is 0 Å². The maximum atomic E-state index is 12.8. The molecule has 1 aliphatic heterocycles. The third-order valence-electron chi connectivity index (χ3n) is 5.05. The molecule has 2 aliphatic rings. The standard InChI is InChI=1S/C19H25N5OS/c1-13-17(19(26-23-13)22-15-4-5-15)18(25)21-16-6-9-24(10-7-16)12-14-3-2-8-20-11-14/h2-3,8,11,15-16,22H,4-7,9-10,12H2,1H3,(H,21,25). The lowest BCUT2D eigenvalue weighted by atomic mass is 10.0. The number of carbonyl (C=O) groups is 1. The number of anilines is 1. The summed E-state index contributed by atoms with van der Waals surface area (Å²) in [5, 5.41) is 7.60. The molecule has 6 nitrogen and oxygen atoms in total. The fourth-order valence-corrected chi connectivity index (χ4v) is 4.26. The second-order valence-electron chi connectivity index (χ2n) is 7.28. The summed E-state index contributed by atoms with van der Waals surface area (Å²) in [6, 6.07) is 4.85. The van der Waals surface area contributed by atoms with Crippen LogP contribution in [0.4, 0.5) is 5.00 Å². The maximum absolute atomic E-state index is 12.8. The molecule has 1 aliphatic carbocycles. The summed E-state index contributed by atoms with van der Waals surface area (Å²) in [4.78, 5) is 19.4. The lowest BCUT2D eigenvalue weighted by Crippen LogP contribution is -2.44.